The number of rotatable bonds is 5. The maximum absolute atomic E-state index is 12.3. The van der Waals surface area contributed by atoms with Crippen LogP contribution in [0.5, 0.6) is 0 Å². The number of nitrogens with zero attached hydrogens (tertiary/aromatic N) is 3. The zero-order valence-corrected chi connectivity index (χ0v) is 14.2. The van der Waals surface area contributed by atoms with Crippen LogP contribution in [0.1, 0.15) is 19.2 Å². The van der Waals surface area contributed by atoms with Gasteiger partial charge in [-0.2, -0.15) is 0 Å². The van der Waals surface area contributed by atoms with Crippen molar-refractivity contribution in [2.75, 3.05) is 5.88 Å². The molecule has 1 N–H and O–H groups in total. The largest absolute Gasteiger partial charge is 0.309 e. The van der Waals surface area contributed by atoms with E-state index in [-0.39, 0.29) is 5.56 Å². The topological polar surface area (TPSA) is 63.6 Å². The number of fused-ring (bicyclic) bond motifs is 1. The lowest BCUT2D eigenvalue weighted by atomic mass is 10.2. The minimum Gasteiger partial charge on any atom is -0.309 e. The van der Waals surface area contributed by atoms with Crippen molar-refractivity contribution in [3.05, 3.63) is 45.5 Å². The smallest absolute Gasteiger partial charge is 0.279 e. The number of hydrogen-bond acceptors (Lipinski definition) is 3. The Morgan fingerprint density at radius 1 is 1.22 bits per heavy atom. The van der Waals surface area contributed by atoms with Crippen molar-refractivity contribution in [3.8, 4) is 11.4 Å². The van der Waals surface area contributed by atoms with Gasteiger partial charge < -0.3 is 9.55 Å². The van der Waals surface area contributed by atoms with E-state index in [4.69, 9.17) is 23.2 Å². The molecule has 0 amide bonds. The number of halogens is 2. The Hall–Kier alpha value is -1.85. The normalized spacial score (nSPS) is 11.3. The predicted octanol–water partition coefficient (Wildman–Crippen LogP) is 3.63. The first kappa shape index (κ1) is 16.0. The molecule has 0 radical (unpaired) electrons. The van der Waals surface area contributed by atoms with Crippen LogP contribution >= 0.6 is 23.2 Å². The van der Waals surface area contributed by atoms with Crippen LogP contribution in [0.15, 0.2) is 29.1 Å². The van der Waals surface area contributed by atoms with Crippen molar-refractivity contribution in [2.45, 2.75) is 26.3 Å². The summed E-state index contributed by atoms with van der Waals surface area (Å²) in [5, 5.41) is 0.659. The molecule has 0 fully saturated rings. The van der Waals surface area contributed by atoms with Crippen LogP contribution in [-0.2, 0) is 13.0 Å². The van der Waals surface area contributed by atoms with E-state index < -0.39 is 0 Å². The molecule has 2 aromatic heterocycles. The maximum atomic E-state index is 12.3. The molecular formula is C16H16Cl2N4O. The zero-order chi connectivity index (χ0) is 16.4. The average molecular weight is 351 g/mol. The minimum absolute atomic E-state index is 0.220. The number of hydrogen-bond donors (Lipinski definition) is 1. The van der Waals surface area contributed by atoms with Gasteiger partial charge in [0.15, 0.2) is 11.2 Å². The molecule has 5 nitrogen and oxygen atoms in total. The summed E-state index contributed by atoms with van der Waals surface area (Å²) in [7, 11) is 0. The average Bonchev–Trinajstić information content (AvgIpc) is 2.92. The molecule has 0 bridgehead atoms. The summed E-state index contributed by atoms with van der Waals surface area (Å²) in [6.45, 7) is 2.67. The van der Waals surface area contributed by atoms with Crippen molar-refractivity contribution in [3.63, 3.8) is 0 Å². The fraction of sp³-hybridized carbons (Fsp3) is 0.312. The van der Waals surface area contributed by atoms with Gasteiger partial charge in [0.05, 0.1) is 0 Å². The summed E-state index contributed by atoms with van der Waals surface area (Å²) in [6, 6.07) is 7.39. The van der Waals surface area contributed by atoms with Crippen LogP contribution < -0.4 is 5.56 Å². The van der Waals surface area contributed by atoms with Crippen LogP contribution in [0.4, 0.5) is 0 Å². The summed E-state index contributed by atoms with van der Waals surface area (Å²) in [6.07, 6.45) is 1.40. The lowest BCUT2D eigenvalue weighted by Crippen LogP contribution is -2.13. The molecule has 3 rings (SSSR count). The molecule has 0 aliphatic carbocycles. The number of alkyl halides is 1. The highest BCUT2D eigenvalue weighted by Gasteiger charge is 2.16. The van der Waals surface area contributed by atoms with E-state index in [9.17, 15) is 4.79 Å². The number of nitrogens with one attached hydrogen (secondary N) is 1. The van der Waals surface area contributed by atoms with Gasteiger partial charge in [0.25, 0.3) is 5.56 Å². The second-order valence-electron chi connectivity index (χ2n) is 5.16. The highest BCUT2D eigenvalue weighted by atomic mass is 35.5. The quantitative estimate of drug-likeness (QED) is 0.714. The molecule has 2 heterocycles. The SMILES string of the molecule is CCn1c(-c2ccc(Cl)cc2)nc2c(=O)[nH]c(CCCCl)nc21. The van der Waals surface area contributed by atoms with Crippen molar-refractivity contribution in [2.24, 2.45) is 0 Å². The first-order chi connectivity index (χ1) is 11.1. The highest BCUT2D eigenvalue weighted by Crippen LogP contribution is 2.23. The second kappa shape index (κ2) is 6.72. The van der Waals surface area contributed by atoms with Crippen LogP contribution in [0.2, 0.25) is 5.02 Å². The number of benzene rings is 1. The molecule has 0 aliphatic rings. The molecule has 0 atom stereocenters. The second-order valence-corrected chi connectivity index (χ2v) is 5.98. The van der Waals surface area contributed by atoms with Crippen LogP contribution in [0, 0.1) is 0 Å². The standard InChI is InChI=1S/C16H16Cl2N4O/c1-2-22-14(10-5-7-11(18)8-6-10)21-13-15(22)19-12(4-3-9-17)20-16(13)23/h5-8H,2-4,9H2,1H3,(H,19,20,23). The summed E-state index contributed by atoms with van der Waals surface area (Å²) < 4.78 is 1.94. The van der Waals surface area contributed by atoms with Gasteiger partial charge in [-0.25, -0.2) is 9.97 Å². The molecule has 120 valence electrons. The Balaban J connectivity index is 2.18. The third-order valence-electron chi connectivity index (χ3n) is 3.62. The van der Waals surface area contributed by atoms with Crippen molar-refractivity contribution in [1.29, 1.82) is 0 Å². The minimum atomic E-state index is -0.220. The lowest BCUT2D eigenvalue weighted by Gasteiger charge is -2.06. The number of H-pyrrole nitrogens is 1. The van der Waals surface area contributed by atoms with Crippen molar-refractivity contribution >= 4 is 34.4 Å². The molecule has 0 aliphatic heterocycles. The first-order valence-corrected chi connectivity index (χ1v) is 8.36. The molecule has 3 aromatic rings. The molecule has 0 saturated carbocycles. The summed E-state index contributed by atoms with van der Waals surface area (Å²) >= 11 is 11.7. The van der Waals surface area contributed by atoms with E-state index in [2.05, 4.69) is 15.0 Å². The monoisotopic (exact) mass is 350 g/mol. The van der Waals surface area contributed by atoms with Gasteiger partial charge in [-0.1, -0.05) is 11.6 Å². The third kappa shape index (κ3) is 3.12. The van der Waals surface area contributed by atoms with Gasteiger partial charge in [0.1, 0.15) is 11.6 Å². The van der Waals surface area contributed by atoms with Crippen LogP contribution in [-0.4, -0.2) is 25.4 Å². The van der Waals surface area contributed by atoms with Gasteiger partial charge in [-0.15, -0.1) is 11.6 Å². The van der Waals surface area contributed by atoms with Gasteiger partial charge in [-0.05, 0) is 37.6 Å². The third-order valence-corrected chi connectivity index (χ3v) is 4.14. The predicted molar refractivity (Wildman–Crippen MR) is 93.3 cm³/mol. The van der Waals surface area contributed by atoms with Crippen molar-refractivity contribution < 1.29 is 0 Å². The molecule has 0 unspecified atom stereocenters. The Kier molecular flexibility index (Phi) is 4.68. The van der Waals surface area contributed by atoms with E-state index >= 15 is 0 Å². The van der Waals surface area contributed by atoms with E-state index in [1.807, 2.05) is 23.6 Å². The van der Waals surface area contributed by atoms with Gasteiger partial charge in [-0.3, -0.25) is 4.79 Å². The maximum Gasteiger partial charge on any atom is 0.279 e. The summed E-state index contributed by atoms with van der Waals surface area (Å²) in [5.74, 6) is 1.89. The molecule has 23 heavy (non-hydrogen) atoms. The van der Waals surface area contributed by atoms with E-state index in [1.165, 1.54) is 0 Å². The highest BCUT2D eigenvalue weighted by molar-refractivity contribution is 6.30. The van der Waals surface area contributed by atoms with Gasteiger partial charge >= 0.3 is 0 Å². The molecular weight excluding hydrogens is 335 g/mol. The van der Waals surface area contributed by atoms with Gasteiger partial charge in [0.2, 0.25) is 0 Å². The van der Waals surface area contributed by atoms with Crippen molar-refractivity contribution in [1.82, 2.24) is 19.5 Å². The Morgan fingerprint density at radius 2 is 1.96 bits per heavy atom. The van der Waals surface area contributed by atoms with E-state index in [0.29, 0.717) is 46.7 Å². The fourth-order valence-corrected chi connectivity index (χ4v) is 2.79. The summed E-state index contributed by atoms with van der Waals surface area (Å²) in [5.41, 5.74) is 1.63. The van der Waals surface area contributed by atoms with Crippen LogP contribution in [0.25, 0.3) is 22.6 Å². The Morgan fingerprint density at radius 3 is 2.61 bits per heavy atom. The Labute approximate surface area is 143 Å². The lowest BCUT2D eigenvalue weighted by molar-refractivity contribution is 0.773. The molecule has 7 heteroatoms. The van der Waals surface area contributed by atoms with E-state index in [1.54, 1.807) is 12.1 Å². The fourth-order valence-electron chi connectivity index (χ4n) is 2.53. The number of imidazole rings is 1. The molecule has 0 saturated heterocycles. The number of aromatic nitrogens is 4. The van der Waals surface area contributed by atoms with Gasteiger partial charge in [0, 0.05) is 29.4 Å². The molecule has 0 spiro atoms. The number of aryl methyl sites for hydroxylation is 2. The zero-order valence-electron chi connectivity index (χ0n) is 12.6. The molecule has 1 aromatic carbocycles. The van der Waals surface area contributed by atoms with Crippen LogP contribution in [0.3, 0.4) is 0 Å². The Bertz CT molecular complexity index is 883. The summed E-state index contributed by atoms with van der Waals surface area (Å²) in [4.78, 5) is 24.2. The van der Waals surface area contributed by atoms with E-state index in [0.717, 1.165) is 12.0 Å². The first-order valence-electron chi connectivity index (χ1n) is 7.45. The number of aromatic amines is 1.